The van der Waals surface area contributed by atoms with E-state index >= 15 is 0 Å². The number of phenolic OH excluding ortho intramolecular Hbond substituents is 1. The Morgan fingerprint density at radius 1 is 1.19 bits per heavy atom. The third kappa shape index (κ3) is 6.23. The van der Waals surface area contributed by atoms with Crippen molar-refractivity contribution in [2.24, 2.45) is 0 Å². The van der Waals surface area contributed by atoms with E-state index < -0.39 is 28.4 Å². The quantitative estimate of drug-likeness (QED) is 0.218. The average Bonchev–Trinajstić information content (AvgIpc) is 2.72. The van der Waals surface area contributed by atoms with Crippen molar-refractivity contribution >= 4 is 22.4 Å². The Hall–Kier alpha value is -1.64. The van der Waals surface area contributed by atoms with Crippen molar-refractivity contribution in [1.82, 2.24) is 0 Å². The molecule has 1 heterocycles. The standard InChI is InChI=1S/C20H20O10S.K/c1-27-12-4-5-16-14(9-12)20(30-31(24,25)26)15(10-29-16)13-7-11(3-6-18(21)22)8-17(28-2)19(13)23;/h3-9,15,20,23H,10H2,1-2H3,(H,21,22)(H,24,25,26);/q;+1/p-1/b6-3+;/t15-,20+;/m0./s1. The van der Waals surface area contributed by atoms with E-state index in [0.29, 0.717) is 17.1 Å². The molecule has 2 N–H and O–H groups in total. The van der Waals surface area contributed by atoms with E-state index in [1.165, 1.54) is 38.5 Å². The first-order valence-electron chi connectivity index (χ1n) is 8.89. The number of methoxy groups -OCH3 is 2. The minimum atomic E-state index is -5.14. The number of fused-ring (bicyclic) bond motifs is 1. The number of carbonyl (C=O) groups is 1. The molecular weight excluding hydrogens is 471 g/mol. The Labute approximate surface area is 227 Å². The number of phenols is 1. The van der Waals surface area contributed by atoms with E-state index in [-0.39, 0.29) is 80.6 Å². The maximum Gasteiger partial charge on any atom is 1.00 e. The van der Waals surface area contributed by atoms with Crippen LogP contribution in [-0.2, 0) is 19.4 Å². The van der Waals surface area contributed by atoms with Crippen LogP contribution in [0.15, 0.2) is 36.4 Å². The van der Waals surface area contributed by atoms with Gasteiger partial charge in [0.2, 0.25) is 10.4 Å². The molecule has 2 aromatic rings. The maximum absolute atomic E-state index is 11.5. The molecule has 2 aromatic carbocycles. The topological polar surface area (TPSA) is 152 Å². The predicted molar refractivity (Wildman–Crippen MR) is 106 cm³/mol. The van der Waals surface area contributed by atoms with Crippen LogP contribution < -0.4 is 65.6 Å². The van der Waals surface area contributed by atoms with Gasteiger partial charge in [-0.05, 0) is 42.0 Å². The Morgan fingerprint density at radius 2 is 1.91 bits per heavy atom. The molecule has 0 amide bonds. The Kier molecular flexibility index (Phi) is 9.13. The first kappa shape index (κ1) is 26.6. The van der Waals surface area contributed by atoms with Gasteiger partial charge in [-0.15, -0.1) is 0 Å². The minimum absolute atomic E-state index is 0. The second kappa shape index (κ2) is 11.0. The Balaban J connectivity index is 0.00000363. The van der Waals surface area contributed by atoms with Crippen LogP contribution in [0.25, 0.3) is 6.08 Å². The maximum atomic E-state index is 11.5. The number of aromatic hydroxyl groups is 1. The number of ether oxygens (including phenoxy) is 3. The zero-order chi connectivity index (χ0) is 22.8. The van der Waals surface area contributed by atoms with Gasteiger partial charge in [-0.25, -0.2) is 13.2 Å². The number of hydrogen-bond donors (Lipinski definition) is 2. The summed E-state index contributed by atoms with van der Waals surface area (Å²) in [4.78, 5) is 10.9. The molecule has 12 heteroatoms. The van der Waals surface area contributed by atoms with Crippen molar-refractivity contribution in [1.29, 1.82) is 0 Å². The van der Waals surface area contributed by atoms with E-state index in [4.69, 9.17) is 23.5 Å². The predicted octanol–water partition coefficient (Wildman–Crippen LogP) is -0.795. The Morgan fingerprint density at radius 3 is 2.50 bits per heavy atom. The summed E-state index contributed by atoms with van der Waals surface area (Å²) in [5, 5.41) is 19.6. The fourth-order valence-electron chi connectivity index (χ4n) is 3.34. The molecule has 0 saturated heterocycles. The van der Waals surface area contributed by atoms with Crippen molar-refractivity contribution in [3.05, 3.63) is 53.1 Å². The minimum Gasteiger partial charge on any atom is -0.726 e. The van der Waals surface area contributed by atoms with E-state index in [0.717, 1.165) is 6.08 Å². The number of benzene rings is 2. The summed E-state index contributed by atoms with van der Waals surface area (Å²) < 4.78 is 55.3. The first-order valence-corrected chi connectivity index (χ1v) is 10.2. The van der Waals surface area contributed by atoms with Crippen LogP contribution in [0.4, 0.5) is 0 Å². The van der Waals surface area contributed by atoms with Crippen LogP contribution in [0.2, 0.25) is 0 Å². The second-order valence-corrected chi connectivity index (χ2v) is 7.59. The Bertz CT molecular complexity index is 1130. The van der Waals surface area contributed by atoms with E-state index in [9.17, 15) is 22.9 Å². The number of hydrogen-bond acceptors (Lipinski definition) is 9. The molecule has 0 fully saturated rings. The summed E-state index contributed by atoms with van der Waals surface area (Å²) >= 11 is 0. The van der Waals surface area contributed by atoms with E-state index in [1.54, 1.807) is 12.1 Å². The van der Waals surface area contributed by atoms with Gasteiger partial charge < -0.3 is 29.0 Å². The summed E-state index contributed by atoms with van der Waals surface area (Å²) in [6, 6.07) is 7.45. The zero-order valence-corrected chi connectivity index (χ0v) is 21.4. The van der Waals surface area contributed by atoms with Gasteiger partial charge >= 0.3 is 57.4 Å². The van der Waals surface area contributed by atoms with E-state index in [2.05, 4.69) is 0 Å². The van der Waals surface area contributed by atoms with Gasteiger partial charge in [0.05, 0.1) is 26.7 Å². The van der Waals surface area contributed by atoms with Crippen LogP contribution in [0, 0.1) is 0 Å². The van der Waals surface area contributed by atoms with Crippen molar-refractivity contribution in [3.63, 3.8) is 0 Å². The smallest absolute Gasteiger partial charge is 0.726 e. The van der Waals surface area contributed by atoms with Crippen LogP contribution in [-0.4, -0.2) is 50.0 Å². The molecule has 0 aromatic heterocycles. The monoisotopic (exact) mass is 490 g/mol. The van der Waals surface area contributed by atoms with Crippen molar-refractivity contribution < 1.29 is 97.8 Å². The first-order chi connectivity index (χ1) is 14.6. The third-order valence-electron chi connectivity index (χ3n) is 4.69. The van der Waals surface area contributed by atoms with Crippen molar-refractivity contribution in [3.8, 4) is 23.0 Å². The van der Waals surface area contributed by atoms with Gasteiger partial charge in [-0.3, -0.25) is 4.18 Å². The molecule has 0 unspecified atom stereocenters. The molecule has 0 radical (unpaired) electrons. The summed E-state index contributed by atoms with van der Waals surface area (Å²) in [7, 11) is -2.42. The normalized spacial score (nSPS) is 17.7. The van der Waals surface area contributed by atoms with Crippen LogP contribution in [0.3, 0.4) is 0 Å². The molecule has 10 nitrogen and oxygen atoms in total. The SMILES string of the molecule is COc1ccc2c(c1)[C@@H](OS(=O)(=O)[O-])[C@H](c1cc(/C=C/C(=O)O)cc(OC)c1O)CO2.[K+]. The summed E-state index contributed by atoms with van der Waals surface area (Å²) in [6.07, 6.45) is 0.827. The van der Waals surface area contributed by atoms with Gasteiger partial charge in [-0.2, -0.15) is 0 Å². The fraction of sp³-hybridized carbons (Fsp3) is 0.250. The molecule has 2 atom stereocenters. The fourth-order valence-corrected chi connectivity index (χ4v) is 3.84. The molecule has 0 saturated carbocycles. The van der Waals surface area contributed by atoms with Gasteiger partial charge in [0.1, 0.15) is 17.6 Å². The molecule has 0 aliphatic carbocycles. The molecule has 0 spiro atoms. The number of carboxylic acids is 1. The van der Waals surface area contributed by atoms with Crippen molar-refractivity contribution in [2.75, 3.05) is 20.8 Å². The summed E-state index contributed by atoms with van der Waals surface area (Å²) in [5.41, 5.74) is 0.735. The number of carboxylic acid groups (broad SMARTS) is 1. The van der Waals surface area contributed by atoms with Gasteiger partial charge in [-0.1, -0.05) is 0 Å². The number of aliphatic carboxylic acids is 1. The van der Waals surface area contributed by atoms with Crippen LogP contribution in [0.5, 0.6) is 23.0 Å². The summed E-state index contributed by atoms with van der Waals surface area (Å²) in [6.45, 7) is -0.137. The molecular formula is C20H19KO10S. The largest absolute Gasteiger partial charge is 1.00 e. The zero-order valence-electron chi connectivity index (χ0n) is 17.5. The van der Waals surface area contributed by atoms with Gasteiger partial charge in [0.25, 0.3) is 0 Å². The molecule has 32 heavy (non-hydrogen) atoms. The van der Waals surface area contributed by atoms with Crippen molar-refractivity contribution in [2.45, 2.75) is 12.0 Å². The molecule has 166 valence electrons. The average molecular weight is 491 g/mol. The van der Waals surface area contributed by atoms with Crippen LogP contribution in [0.1, 0.15) is 28.7 Å². The van der Waals surface area contributed by atoms with Gasteiger partial charge in [0.15, 0.2) is 11.5 Å². The van der Waals surface area contributed by atoms with Gasteiger partial charge in [0, 0.05) is 17.2 Å². The molecule has 1 aliphatic heterocycles. The molecule has 1 aliphatic rings. The second-order valence-electron chi connectivity index (χ2n) is 6.58. The molecule has 3 rings (SSSR count). The third-order valence-corrected chi connectivity index (χ3v) is 5.14. The van der Waals surface area contributed by atoms with E-state index in [1.807, 2.05) is 0 Å². The van der Waals surface area contributed by atoms with Crippen LogP contribution >= 0.6 is 0 Å². The molecule has 0 bridgehead atoms. The number of rotatable bonds is 7. The summed E-state index contributed by atoms with van der Waals surface area (Å²) in [5.74, 6) is -1.78.